The molecule has 0 amide bonds. The van der Waals surface area contributed by atoms with Gasteiger partial charge in [0, 0.05) is 37.3 Å². The van der Waals surface area contributed by atoms with E-state index in [1.165, 1.54) is 25.0 Å². The number of halogens is 1. The molecule has 3 unspecified atom stereocenters. The Morgan fingerprint density at radius 3 is 2.86 bits per heavy atom. The van der Waals surface area contributed by atoms with Crippen molar-refractivity contribution >= 4 is 5.69 Å². The van der Waals surface area contributed by atoms with Gasteiger partial charge in [-0.25, -0.2) is 4.39 Å². The van der Waals surface area contributed by atoms with Crippen LogP contribution in [0.1, 0.15) is 24.8 Å². The molecular weight excluding hydrogens is 273 g/mol. The third-order valence-electron chi connectivity index (χ3n) is 4.87. The highest BCUT2D eigenvalue weighted by atomic mass is 19.1. The quantitative estimate of drug-likeness (QED) is 0.685. The first-order chi connectivity index (χ1) is 10.0. The van der Waals surface area contributed by atoms with Gasteiger partial charge >= 0.3 is 0 Å². The number of nitro groups is 1. The lowest BCUT2D eigenvalue weighted by Gasteiger charge is -2.29. The molecule has 1 aromatic carbocycles. The summed E-state index contributed by atoms with van der Waals surface area (Å²) in [4.78, 5) is 12.3. The lowest BCUT2D eigenvalue weighted by atomic mass is 9.78. The summed E-state index contributed by atoms with van der Waals surface area (Å²) < 4.78 is 14.0. The van der Waals surface area contributed by atoms with Crippen LogP contribution >= 0.6 is 0 Å². The van der Waals surface area contributed by atoms with Gasteiger partial charge in [0.15, 0.2) is 0 Å². The van der Waals surface area contributed by atoms with Gasteiger partial charge in [0.2, 0.25) is 0 Å². The number of hydrogen-bond acceptors (Lipinski definition) is 4. The minimum atomic E-state index is -0.573. The molecule has 114 valence electrons. The molecule has 1 aliphatic carbocycles. The van der Waals surface area contributed by atoms with Gasteiger partial charge in [0.1, 0.15) is 5.82 Å². The topological polar surface area (TPSA) is 72.4 Å². The zero-order chi connectivity index (χ0) is 15.0. The van der Waals surface area contributed by atoms with Crippen LogP contribution in [0.2, 0.25) is 0 Å². The summed E-state index contributed by atoms with van der Waals surface area (Å²) in [6.45, 7) is 2.36. The number of non-ortho nitro benzene ring substituents is 1. The minimum Gasteiger partial charge on any atom is -0.327 e. The van der Waals surface area contributed by atoms with E-state index in [2.05, 4.69) is 4.90 Å². The Hall–Kier alpha value is -1.53. The van der Waals surface area contributed by atoms with Crippen molar-refractivity contribution in [3.05, 3.63) is 39.7 Å². The van der Waals surface area contributed by atoms with E-state index in [1.807, 2.05) is 0 Å². The summed E-state index contributed by atoms with van der Waals surface area (Å²) in [7, 11) is 0. The highest BCUT2D eigenvalue weighted by Crippen LogP contribution is 2.36. The Morgan fingerprint density at radius 2 is 2.19 bits per heavy atom. The zero-order valence-corrected chi connectivity index (χ0v) is 11.9. The fraction of sp³-hybridized carbons (Fsp3) is 0.600. The van der Waals surface area contributed by atoms with Gasteiger partial charge in [-0.05, 0) is 30.7 Å². The lowest BCUT2D eigenvalue weighted by Crippen LogP contribution is -2.38. The molecule has 5 nitrogen and oxygen atoms in total. The van der Waals surface area contributed by atoms with Gasteiger partial charge in [-0.3, -0.25) is 15.0 Å². The molecule has 1 aromatic rings. The molecule has 3 atom stereocenters. The molecule has 2 aliphatic rings. The van der Waals surface area contributed by atoms with E-state index in [1.54, 1.807) is 0 Å². The summed E-state index contributed by atoms with van der Waals surface area (Å²) in [5.41, 5.74) is 6.50. The Labute approximate surface area is 123 Å². The fourth-order valence-corrected chi connectivity index (χ4v) is 3.76. The lowest BCUT2D eigenvalue weighted by molar-refractivity contribution is -0.385. The van der Waals surface area contributed by atoms with Crippen molar-refractivity contribution in [3.63, 3.8) is 0 Å². The molecule has 2 fully saturated rings. The summed E-state index contributed by atoms with van der Waals surface area (Å²) in [5, 5.41) is 10.6. The van der Waals surface area contributed by atoms with E-state index in [0.29, 0.717) is 23.9 Å². The van der Waals surface area contributed by atoms with E-state index in [0.717, 1.165) is 25.6 Å². The summed E-state index contributed by atoms with van der Waals surface area (Å²) in [6.07, 6.45) is 3.47. The summed E-state index contributed by atoms with van der Waals surface area (Å²) in [6, 6.07) is 4.16. The molecule has 0 radical (unpaired) electrons. The van der Waals surface area contributed by atoms with Crippen molar-refractivity contribution in [1.29, 1.82) is 0 Å². The van der Waals surface area contributed by atoms with Crippen LogP contribution in [0.5, 0.6) is 0 Å². The molecule has 2 N–H and O–H groups in total. The number of nitrogens with zero attached hydrogens (tertiary/aromatic N) is 2. The molecular formula is C15H20FN3O2. The molecule has 1 aliphatic heterocycles. The maximum Gasteiger partial charge on any atom is 0.272 e. The number of likely N-dealkylation sites (tertiary alicyclic amines) is 1. The average molecular weight is 293 g/mol. The molecule has 1 saturated carbocycles. The van der Waals surface area contributed by atoms with Crippen LogP contribution in [-0.2, 0) is 6.54 Å². The predicted octanol–water partition coefficient (Wildman–Crippen LogP) is 2.29. The van der Waals surface area contributed by atoms with Crippen molar-refractivity contribution in [1.82, 2.24) is 4.90 Å². The van der Waals surface area contributed by atoms with Crippen LogP contribution in [0, 0.1) is 27.8 Å². The minimum absolute atomic E-state index is 0.201. The molecule has 6 heteroatoms. The van der Waals surface area contributed by atoms with Gasteiger partial charge in [0.25, 0.3) is 5.69 Å². The number of benzene rings is 1. The van der Waals surface area contributed by atoms with Gasteiger partial charge in [0.05, 0.1) is 11.0 Å². The van der Waals surface area contributed by atoms with E-state index in [4.69, 9.17) is 5.73 Å². The molecule has 0 spiro atoms. The Kier molecular flexibility index (Phi) is 3.91. The first-order valence-corrected chi connectivity index (χ1v) is 7.45. The third-order valence-corrected chi connectivity index (χ3v) is 4.87. The first kappa shape index (κ1) is 14.4. The van der Waals surface area contributed by atoms with Gasteiger partial charge in [-0.1, -0.05) is 6.42 Å². The van der Waals surface area contributed by atoms with E-state index in [9.17, 15) is 14.5 Å². The summed E-state index contributed by atoms with van der Waals surface area (Å²) in [5.74, 6) is 0.637. The van der Waals surface area contributed by atoms with Crippen molar-refractivity contribution in [2.45, 2.75) is 31.8 Å². The van der Waals surface area contributed by atoms with Gasteiger partial charge in [-0.15, -0.1) is 0 Å². The number of nitro benzene ring substituents is 1. The van der Waals surface area contributed by atoms with Crippen LogP contribution in [0.4, 0.5) is 10.1 Å². The maximum atomic E-state index is 14.0. The largest absolute Gasteiger partial charge is 0.327 e. The van der Waals surface area contributed by atoms with E-state index in [-0.39, 0.29) is 11.7 Å². The Bertz CT molecular complexity index is 552. The van der Waals surface area contributed by atoms with Crippen molar-refractivity contribution in [3.8, 4) is 0 Å². The van der Waals surface area contributed by atoms with Crippen molar-refractivity contribution in [2.24, 2.45) is 17.6 Å². The SMILES string of the molecule is NC1CCCC2CN(Cc3ccc([N+](=O)[O-])cc3F)CC12. The third kappa shape index (κ3) is 2.91. The molecule has 0 bridgehead atoms. The number of fused-ring (bicyclic) bond motifs is 1. The van der Waals surface area contributed by atoms with Gasteiger partial charge in [-0.2, -0.15) is 0 Å². The monoisotopic (exact) mass is 293 g/mol. The summed E-state index contributed by atoms with van der Waals surface area (Å²) >= 11 is 0. The number of hydrogen-bond donors (Lipinski definition) is 1. The second-order valence-electron chi connectivity index (χ2n) is 6.25. The van der Waals surface area contributed by atoms with Gasteiger partial charge < -0.3 is 5.73 Å². The first-order valence-electron chi connectivity index (χ1n) is 7.45. The van der Waals surface area contributed by atoms with Crippen LogP contribution < -0.4 is 5.73 Å². The van der Waals surface area contributed by atoms with Crippen LogP contribution in [0.15, 0.2) is 18.2 Å². The van der Waals surface area contributed by atoms with Crippen molar-refractivity contribution in [2.75, 3.05) is 13.1 Å². The van der Waals surface area contributed by atoms with E-state index >= 15 is 0 Å². The fourth-order valence-electron chi connectivity index (χ4n) is 3.76. The second-order valence-corrected chi connectivity index (χ2v) is 6.25. The Morgan fingerprint density at radius 1 is 1.38 bits per heavy atom. The zero-order valence-electron chi connectivity index (χ0n) is 11.9. The Balaban J connectivity index is 1.69. The van der Waals surface area contributed by atoms with Crippen molar-refractivity contribution < 1.29 is 9.31 Å². The highest BCUT2D eigenvalue weighted by molar-refractivity contribution is 5.34. The second kappa shape index (κ2) is 5.69. The normalized spacial score (nSPS) is 29.3. The smallest absolute Gasteiger partial charge is 0.272 e. The standard InChI is InChI=1S/C15H20FN3O2/c16-14-6-12(19(20)21)5-4-11(14)8-18-7-10-2-1-3-15(17)13(10)9-18/h4-6,10,13,15H,1-3,7-9,17H2. The highest BCUT2D eigenvalue weighted by Gasteiger charge is 2.38. The molecule has 21 heavy (non-hydrogen) atoms. The van der Waals surface area contributed by atoms with E-state index < -0.39 is 10.7 Å². The molecule has 3 rings (SSSR count). The predicted molar refractivity (Wildman–Crippen MR) is 77.1 cm³/mol. The van der Waals surface area contributed by atoms with Crippen LogP contribution in [0.25, 0.3) is 0 Å². The average Bonchev–Trinajstić information content (AvgIpc) is 2.85. The molecule has 1 heterocycles. The van der Waals surface area contributed by atoms with Crippen LogP contribution in [0.3, 0.4) is 0 Å². The maximum absolute atomic E-state index is 14.0. The number of nitrogens with two attached hydrogens (primary N) is 1. The molecule has 1 saturated heterocycles. The molecule has 0 aromatic heterocycles. The van der Waals surface area contributed by atoms with Crippen LogP contribution in [-0.4, -0.2) is 29.0 Å². The number of rotatable bonds is 3.